The fraction of sp³-hybridized carbons (Fsp3) is 0.588. The predicted octanol–water partition coefficient (Wildman–Crippen LogP) is 2.15. The summed E-state index contributed by atoms with van der Waals surface area (Å²) in [5.74, 6) is 0.907. The first-order valence-corrected chi connectivity index (χ1v) is 7.60. The largest absolute Gasteiger partial charge is 0.481 e. The third-order valence-electron chi connectivity index (χ3n) is 4.23. The van der Waals surface area contributed by atoms with Gasteiger partial charge in [-0.15, -0.1) is 0 Å². The molecular weight excluding hydrogens is 264 g/mol. The normalized spacial score (nSPS) is 17.7. The quantitative estimate of drug-likeness (QED) is 0.855. The molecular formula is C17H26N2O2. The second-order valence-electron chi connectivity index (χ2n) is 6.09. The number of ether oxygens (including phenoxy) is 1. The number of amides is 1. The molecule has 0 N–H and O–H groups in total. The highest BCUT2D eigenvalue weighted by Gasteiger charge is 2.25. The van der Waals surface area contributed by atoms with Crippen molar-refractivity contribution in [3.05, 3.63) is 28.8 Å². The molecule has 0 radical (unpaired) electrons. The van der Waals surface area contributed by atoms with Crippen LogP contribution in [0.2, 0.25) is 0 Å². The molecule has 1 atom stereocenters. The van der Waals surface area contributed by atoms with Gasteiger partial charge in [0.1, 0.15) is 5.75 Å². The van der Waals surface area contributed by atoms with Crippen molar-refractivity contribution in [3.8, 4) is 5.75 Å². The lowest BCUT2D eigenvalue weighted by Crippen LogP contribution is -2.50. The lowest BCUT2D eigenvalue weighted by Gasteiger charge is -2.34. The summed E-state index contributed by atoms with van der Waals surface area (Å²) in [5.41, 5.74) is 3.47. The molecule has 1 aromatic rings. The number of hydrogen-bond donors (Lipinski definition) is 0. The molecule has 1 heterocycles. The number of carbonyl (C=O) groups is 1. The Bertz CT molecular complexity index is 520. The number of hydrogen-bond acceptors (Lipinski definition) is 3. The third kappa shape index (κ3) is 3.76. The Balaban J connectivity index is 2.04. The molecule has 4 nitrogen and oxygen atoms in total. The first kappa shape index (κ1) is 15.8. The Morgan fingerprint density at radius 1 is 1.14 bits per heavy atom. The summed E-state index contributed by atoms with van der Waals surface area (Å²) in [4.78, 5) is 16.6. The van der Waals surface area contributed by atoms with E-state index in [9.17, 15) is 4.79 Å². The summed E-state index contributed by atoms with van der Waals surface area (Å²) in [6.07, 6.45) is -0.437. The van der Waals surface area contributed by atoms with Crippen LogP contribution in [0.15, 0.2) is 12.1 Å². The average Bonchev–Trinajstić information content (AvgIpc) is 2.44. The Labute approximate surface area is 127 Å². The number of carbonyl (C=O) groups excluding carboxylic acids is 1. The highest BCUT2D eigenvalue weighted by atomic mass is 16.5. The Morgan fingerprint density at radius 3 is 2.38 bits per heavy atom. The van der Waals surface area contributed by atoms with Crippen molar-refractivity contribution in [1.29, 1.82) is 0 Å². The second-order valence-corrected chi connectivity index (χ2v) is 6.09. The molecule has 1 fully saturated rings. The lowest BCUT2D eigenvalue weighted by atomic mass is 10.1. The van der Waals surface area contributed by atoms with E-state index in [-0.39, 0.29) is 5.91 Å². The van der Waals surface area contributed by atoms with Crippen molar-refractivity contribution in [2.45, 2.75) is 33.8 Å². The smallest absolute Gasteiger partial charge is 0.263 e. The van der Waals surface area contributed by atoms with Crippen molar-refractivity contribution in [3.63, 3.8) is 0 Å². The Kier molecular flexibility index (Phi) is 4.88. The van der Waals surface area contributed by atoms with Gasteiger partial charge in [-0.1, -0.05) is 6.07 Å². The molecule has 0 spiro atoms. The third-order valence-corrected chi connectivity index (χ3v) is 4.23. The van der Waals surface area contributed by atoms with E-state index in [1.165, 1.54) is 5.56 Å². The molecule has 1 aliphatic heterocycles. The molecule has 1 amide bonds. The maximum atomic E-state index is 12.5. The minimum atomic E-state index is -0.437. The van der Waals surface area contributed by atoms with Crippen molar-refractivity contribution in [2.24, 2.45) is 0 Å². The molecule has 0 saturated carbocycles. The maximum absolute atomic E-state index is 12.5. The fourth-order valence-corrected chi connectivity index (χ4v) is 2.65. The molecule has 2 rings (SSSR count). The molecule has 21 heavy (non-hydrogen) atoms. The van der Waals surface area contributed by atoms with Gasteiger partial charge >= 0.3 is 0 Å². The van der Waals surface area contributed by atoms with E-state index in [2.05, 4.69) is 24.9 Å². The van der Waals surface area contributed by atoms with Crippen molar-refractivity contribution in [2.75, 3.05) is 33.2 Å². The first-order chi connectivity index (χ1) is 9.88. The summed E-state index contributed by atoms with van der Waals surface area (Å²) >= 11 is 0. The highest BCUT2D eigenvalue weighted by molar-refractivity contribution is 5.81. The SMILES string of the molecule is Cc1cc(C)c(C)c(O[C@H](C)C(=O)N2CCN(C)CC2)c1. The summed E-state index contributed by atoms with van der Waals surface area (Å²) in [5, 5.41) is 0. The van der Waals surface area contributed by atoms with E-state index >= 15 is 0 Å². The second kappa shape index (κ2) is 6.48. The van der Waals surface area contributed by atoms with Crippen molar-refractivity contribution < 1.29 is 9.53 Å². The minimum Gasteiger partial charge on any atom is -0.481 e. The van der Waals surface area contributed by atoms with E-state index in [0.29, 0.717) is 0 Å². The van der Waals surface area contributed by atoms with Crippen molar-refractivity contribution in [1.82, 2.24) is 9.80 Å². The predicted molar refractivity (Wildman–Crippen MR) is 84.8 cm³/mol. The van der Waals surface area contributed by atoms with Crippen LogP contribution in [0, 0.1) is 20.8 Å². The van der Waals surface area contributed by atoms with Crippen LogP contribution < -0.4 is 4.74 Å². The van der Waals surface area contributed by atoms with Crippen LogP contribution >= 0.6 is 0 Å². The summed E-state index contributed by atoms with van der Waals surface area (Å²) in [7, 11) is 2.08. The van der Waals surface area contributed by atoms with Crippen LogP contribution in [0.25, 0.3) is 0 Å². The van der Waals surface area contributed by atoms with Gasteiger partial charge in [0.25, 0.3) is 5.91 Å². The number of aryl methyl sites for hydroxylation is 2. The number of benzene rings is 1. The van der Waals surface area contributed by atoms with Crippen LogP contribution in [-0.2, 0) is 4.79 Å². The zero-order valence-corrected chi connectivity index (χ0v) is 13.8. The topological polar surface area (TPSA) is 32.8 Å². The van der Waals surface area contributed by atoms with Crippen LogP contribution in [0.3, 0.4) is 0 Å². The molecule has 0 bridgehead atoms. The van der Waals surface area contributed by atoms with Gasteiger partial charge in [0, 0.05) is 26.2 Å². The molecule has 1 aromatic carbocycles. The van der Waals surface area contributed by atoms with Crippen LogP contribution in [0.4, 0.5) is 0 Å². The van der Waals surface area contributed by atoms with Gasteiger partial charge in [-0.3, -0.25) is 4.79 Å². The van der Waals surface area contributed by atoms with Crippen LogP contribution in [-0.4, -0.2) is 55.0 Å². The Hall–Kier alpha value is -1.55. The molecule has 0 aromatic heterocycles. The van der Waals surface area contributed by atoms with Gasteiger partial charge in [-0.25, -0.2) is 0 Å². The molecule has 1 saturated heterocycles. The molecule has 1 aliphatic rings. The van der Waals surface area contributed by atoms with Crippen LogP contribution in [0.5, 0.6) is 5.75 Å². The maximum Gasteiger partial charge on any atom is 0.263 e. The van der Waals surface area contributed by atoms with E-state index in [0.717, 1.165) is 43.1 Å². The number of rotatable bonds is 3. The van der Waals surface area contributed by atoms with Gasteiger partial charge in [0.15, 0.2) is 6.10 Å². The molecule has 116 valence electrons. The minimum absolute atomic E-state index is 0.0849. The molecule has 0 aliphatic carbocycles. The van der Waals surface area contributed by atoms with Crippen LogP contribution in [0.1, 0.15) is 23.6 Å². The monoisotopic (exact) mass is 290 g/mol. The van der Waals surface area contributed by atoms with E-state index in [1.807, 2.05) is 31.7 Å². The van der Waals surface area contributed by atoms with Crippen molar-refractivity contribution >= 4 is 5.91 Å². The van der Waals surface area contributed by atoms with Gasteiger partial charge in [-0.2, -0.15) is 0 Å². The summed E-state index contributed by atoms with van der Waals surface area (Å²) in [6.45, 7) is 11.4. The van der Waals surface area contributed by atoms with Gasteiger partial charge < -0.3 is 14.5 Å². The summed E-state index contributed by atoms with van der Waals surface area (Å²) < 4.78 is 5.94. The van der Waals surface area contributed by atoms with E-state index in [4.69, 9.17) is 4.74 Å². The van der Waals surface area contributed by atoms with E-state index < -0.39 is 6.10 Å². The van der Waals surface area contributed by atoms with Gasteiger partial charge in [0.05, 0.1) is 0 Å². The lowest BCUT2D eigenvalue weighted by molar-refractivity contribution is -0.139. The van der Waals surface area contributed by atoms with Gasteiger partial charge in [0.2, 0.25) is 0 Å². The standard InChI is InChI=1S/C17H26N2O2/c1-12-10-13(2)14(3)16(11-12)21-15(4)17(20)19-8-6-18(5)7-9-19/h10-11,15H,6-9H2,1-5H3/t15-/m1/s1. The van der Waals surface area contributed by atoms with E-state index in [1.54, 1.807) is 0 Å². The number of piperazine rings is 1. The van der Waals surface area contributed by atoms with Gasteiger partial charge in [-0.05, 0) is 57.5 Å². The molecule has 0 unspecified atom stereocenters. The zero-order valence-electron chi connectivity index (χ0n) is 13.8. The zero-order chi connectivity index (χ0) is 15.6. The first-order valence-electron chi connectivity index (χ1n) is 7.60. The number of nitrogens with zero attached hydrogens (tertiary/aromatic N) is 2. The number of likely N-dealkylation sites (N-methyl/N-ethyl adjacent to an activating group) is 1. The molecule has 4 heteroatoms. The Morgan fingerprint density at radius 2 is 1.76 bits per heavy atom. The fourth-order valence-electron chi connectivity index (χ4n) is 2.65. The average molecular weight is 290 g/mol. The summed E-state index contributed by atoms with van der Waals surface area (Å²) in [6, 6.07) is 4.14. The highest BCUT2D eigenvalue weighted by Crippen LogP contribution is 2.24.